The van der Waals surface area contributed by atoms with Gasteiger partial charge < -0.3 is 9.80 Å². The zero-order valence-corrected chi connectivity index (χ0v) is 46.3. The van der Waals surface area contributed by atoms with E-state index in [1.807, 2.05) is 0 Å². The van der Waals surface area contributed by atoms with Gasteiger partial charge in [-0.05, 0) is 193 Å². The topological polar surface area (TPSA) is 6.48 Å². The lowest BCUT2D eigenvalue weighted by Gasteiger charge is -2.38. The molecule has 15 aromatic carbocycles. The monoisotopic (exact) mass is 1060 g/mol. The Balaban J connectivity index is 0.906. The number of rotatable bonds is 9. The molecule has 0 amide bonds. The van der Waals surface area contributed by atoms with Gasteiger partial charge in [-0.1, -0.05) is 244 Å². The molecule has 0 fully saturated rings. The summed E-state index contributed by atoms with van der Waals surface area (Å²) in [7, 11) is 0. The largest absolute Gasteiger partial charge is 0.310 e. The van der Waals surface area contributed by atoms with Crippen molar-refractivity contribution in [3.8, 4) is 44.5 Å². The molecule has 15 aromatic rings. The van der Waals surface area contributed by atoms with Gasteiger partial charge in [-0.25, -0.2) is 0 Å². The molecule has 1 aliphatic rings. The maximum absolute atomic E-state index is 2.49. The first-order valence-corrected chi connectivity index (χ1v) is 28.9. The van der Waals surface area contributed by atoms with Gasteiger partial charge in [-0.2, -0.15) is 0 Å². The van der Waals surface area contributed by atoms with E-state index in [0.29, 0.717) is 0 Å². The quantitative estimate of drug-likeness (QED) is 0.133. The van der Waals surface area contributed by atoms with E-state index in [4.69, 9.17) is 0 Å². The standard InChI is InChI=1S/C81H56N2/c1-81(2)76-28-16-27-70-75-51-66(82(62-39-33-55(34-40-62)53-17-6-3-7-18-53)64-43-37-59-31-29-57-21-12-14-25-68(57)73(59)49-64)45-47-71(75)78(61-23-10-5-11-24-61)80(79(70)76)72-48-46-67(52-77(72)81)83(63-41-35-56(36-42-63)54-19-8-4-9-20-54)65-44-38-60-32-30-58-22-13-15-26-69(58)74(60)50-65/h3-52H,1-2H3. The highest BCUT2D eigenvalue weighted by Gasteiger charge is 2.37. The van der Waals surface area contributed by atoms with Crippen LogP contribution in [0.3, 0.4) is 0 Å². The van der Waals surface area contributed by atoms with Crippen molar-refractivity contribution in [3.05, 3.63) is 314 Å². The third kappa shape index (κ3) is 8.01. The number of nitrogens with zero attached hydrogens (tertiary/aromatic N) is 2. The van der Waals surface area contributed by atoms with E-state index in [2.05, 4.69) is 327 Å². The van der Waals surface area contributed by atoms with Crippen molar-refractivity contribution in [3.63, 3.8) is 0 Å². The maximum Gasteiger partial charge on any atom is 0.0468 e. The second kappa shape index (κ2) is 19.3. The van der Waals surface area contributed by atoms with Crippen molar-refractivity contribution in [2.75, 3.05) is 9.80 Å². The Bertz CT molecular complexity index is 5030. The highest BCUT2D eigenvalue weighted by Crippen LogP contribution is 2.56. The summed E-state index contributed by atoms with van der Waals surface area (Å²) in [5.74, 6) is 0. The van der Waals surface area contributed by atoms with Gasteiger partial charge in [-0.15, -0.1) is 0 Å². The molecule has 2 nitrogen and oxygen atoms in total. The Labute approximate surface area is 484 Å². The number of anilines is 6. The molecule has 16 rings (SSSR count). The molecule has 83 heavy (non-hydrogen) atoms. The van der Waals surface area contributed by atoms with Crippen LogP contribution >= 0.6 is 0 Å². The van der Waals surface area contributed by atoms with E-state index >= 15 is 0 Å². The minimum atomic E-state index is -0.375. The molecule has 1 aliphatic carbocycles. The van der Waals surface area contributed by atoms with Crippen molar-refractivity contribution >= 4 is 98.8 Å². The van der Waals surface area contributed by atoms with Gasteiger partial charge in [0.05, 0.1) is 0 Å². The number of benzene rings is 15. The van der Waals surface area contributed by atoms with E-state index in [9.17, 15) is 0 Å². The van der Waals surface area contributed by atoms with Crippen LogP contribution in [0.25, 0.3) is 109 Å². The fourth-order valence-corrected chi connectivity index (χ4v) is 13.7. The van der Waals surface area contributed by atoms with Gasteiger partial charge in [-0.3, -0.25) is 0 Å². The molecular weight excluding hydrogens is 1000 g/mol. The first-order chi connectivity index (χ1) is 40.9. The number of hydrogen-bond donors (Lipinski definition) is 0. The van der Waals surface area contributed by atoms with Crippen LogP contribution in [-0.2, 0) is 5.41 Å². The summed E-state index contributed by atoms with van der Waals surface area (Å²) in [4.78, 5) is 4.91. The van der Waals surface area contributed by atoms with Crippen molar-refractivity contribution in [2.24, 2.45) is 0 Å². The average molecular weight is 1060 g/mol. The van der Waals surface area contributed by atoms with Gasteiger partial charge in [0.1, 0.15) is 0 Å². The molecule has 2 heteroatoms. The predicted octanol–water partition coefficient (Wildman–Crippen LogP) is 22.9. The Morgan fingerprint density at radius 3 is 1.14 bits per heavy atom. The Morgan fingerprint density at radius 1 is 0.229 bits per heavy atom. The van der Waals surface area contributed by atoms with Crippen LogP contribution in [-0.4, -0.2) is 0 Å². The van der Waals surface area contributed by atoms with Crippen molar-refractivity contribution in [1.82, 2.24) is 0 Å². The van der Waals surface area contributed by atoms with E-state index in [0.717, 1.165) is 34.1 Å². The van der Waals surface area contributed by atoms with Crippen LogP contribution in [0.1, 0.15) is 25.0 Å². The first kappa shape index (κ1) is 48.4. The zero-order chi connectivity index (χ0) is 55.2. The Kier molecular flexibility index (Phi) is 11.3. The Hall–Kier alpha value is -10.5. The van der Waals surface area contributed by atoms with Crippen molar-refractivity contribution < 1.29 is 0 Å². The molecule has 0 atom stereocenters. The lowest BCUT2D eigenvalue weighted by Crippen LogP contribution is -2.24. The van der Waals surface area contributed by atoms with Gasteiger partial charge in [0.25, 0.3) is 0 Å². The van der Waals surface area contributed by atoms with E-state index in [-0.39, 0.29) is 5.41 Å². The number of hydrogen-bond acceptors (Lipinski definition) is 2. The summed E-state index contributed by atoms with van der Waals surface area (Å²) in [6.07, 6.45) is 0. The van der Waals surface area contributed by atoms with Gasteiger partial charge >= 0.3 is 0 Å². The summed E-state index contributed by atoms with van der Waals surface area (Å²) in [6.45, 7) is 4.86. The SMILES string of the molecule is CC1(C)c2cc(N(c3ccc(-c4ccccc4)cc3)c3ccc4ccc5ccccc5c4c3)ccc2-c2c(-c3ccccc3)c3ccc(N(c4ccc(-c5ccccc5)cc4)c4ccc5ccc6ccccc6c5c4)cc3c3cccc1c23. The van der Waals surface area contributed by atoms with E-state index < -0.39 is 0 Å². The normalized spacial score (nSPS) is 12.6. The molecule has 0 aliphatic heterocycles. The van der Waals surface area contributed by atoms with E-state index in [1.54, 1.807) is 0 Å². The second-order valence-electron chi connectivity index (χ2n) is 22.8. The minimum absolute atomic E-state index is 0.375. The third-order valence-electron chi connectivity index (χ3n) is 17.8. The molecule has 390 valence electrons. The predicted molar refractivity (Wildman–Crippen MR) is 355 cm³/mol. The number of fused-ring (bicyclic) bond motifs is 10. The molecule has 0 saturated heterocycles. The van der Waals surface area contributed by atoms with Crippen LogP contribution < -0.4 is 9.80 Å². The maximum atomic E-state index is 2.49. The lowest BCUT2D eigenvalue weighted by molar-refractivity contribution is 0.645. The van der Waals surface area contributed by atoms with Gasteiger partial charge in [0.15, 0.2) is 0 Å². The molecule has 0 unspecified atom stereocenters. The minimum Gasteiger partial charge on any atom is -0.310 e. The summed E-state index contributed by atoms with van der Waals surface area (Å²) >= 11 is 0. The van der Waals surface area contributed by atoms with Gasteiger partial charge in [0.2, 0.25) is 0 Å². The second-order valence-corrected chi connectivity index (χ2v) is 22.8. The molecular formula is C81H56N2. The highest BCUT2D eigenvalue weighted by atomic mass is 15.1. The summed E-state index contributed by atoms with van der Waals surface area (Å²) in [5, 5.41) is 14.9. The fraction of sp³-hybridized carbons (Fsp3) is 0.0370. The van der Waals surface area contributed by atoms with Gasteiger partial charge in [0, 0.05) is 39.5 Å². The summed E-state index contributed by atoms with van der Waals surface area (Å²) < 4.78 is 0. The smallest absolute Gasteiger partial charge is 0.0468 e. The molecule has 0 radical (unpaired) electrons. The molecule has 0 N–H and O–H groups in total. The van der Waals surface area contributed by atoms with Crippen LogP contribution in [0.5, 0.6) is 0 Å². The van der Waals surface area contributed by atoms with Crippen LogP contribution in [0.2, 0.25) is 0 Å². The van der Waals surface area contributed by atoms with E-state index in [1.165, 1.54) is 120 Å². The highest BCUT2D eigenvalue weighted by molar-refractivity contribution is 6.25. The first-order valence-electron chi connectivity index (χ1n) is 28.9. The van der Waals surface area contributed by atoms with Crippen molar-refractivity contribution in [1.29, 1.82) is 0 Å². The van der Waals surface area contributed by atoms with Crippen molar-refractivity contribution in [2.45, 2.75) is 19.3 Å². The summed E-state index contributed by atoms with van der Waals surface area (Å²) in [5.41, 5.74) is 18.7. The lowest BCUT2D eigenvalue weighted by atomic mass is 9.66. The Morgan fingerprint density at radius 2 is 0.614 bits per heavy atom. The molecule has 0 spiro atoms. The fourth-order valence-electron chi connectivity index (χ4n) is 13.7. The van der Waals surface area contributed by atoms with Crippen LogP contribution in [0.4, 0.5) is 34.1 Å². The third-order valence-corrected chi connectivity index (χ3v) is 17.8. The molecule has 0 saturated carbocycles. The molecule has 0 aromatic heterocycles. The molecule has 0 bridgehead atoms. The zero-order valence-electron chi connectivity index (χ0n) is 46.3. The van der Waals surface area contributed by atoms with Crippen LogP contribution in [0, 0.1) is 0 Å². The summed E-state index contributed by atoms with van der Waals surface area (Å²) in [6, 6.07) is 113. The average Bonchev–Trinajstić information content (AvgIpc) is 1.80. The van der Waals surface area contributed by atoms with Crippen LogP contribution in [0.15, 0.2) is 303 Å². The molecule has 0 heterocycles.